The average molecular weight is 243 g/mol. The van der Waals surface area contributed by atoms with Gasteiger partial charge in [-0.05, 0) is 39.9 Å². The van der Waals surface area contributed by atoms with Crippen LogP contribution in [-0.2, 0) is 5.41 Å². The van der Waals surface area contributed by atoms with E-state index in [0.717, 1.165) is 5.56 Å². The lowest BCUT2D eigenvalue weighted by molar-refractivity contribution is 0.472. The molecule has 0 aliphatic heterocycles. The normalized spacial score (nSPS) is 11.5. The predicted molar refractivity (Wildman–Crippen MR) is 70.5 cm³/mol. The molecule has 0 saturated heterocycles. The summed E-state index contributed by atoms with van der Waals surface area (Å²) in [6, 6.07) is 6.02. The first-order chi connectivity index (χ1) is 8.34. The molecule has 0 bridgehead atoms. The number of fused-ring (bicyclic) bond motifs is 1. The zero-order valence-corrected chi connectivity index (χ0v) is 10.6. The lowest BCUT2D eigenvalue weighted by Crippen LogP contribution is -2.11. The molecule has 0 amide bonds. The monoisotopic (exact) mass is 243 g/mol. The molecule has 2 rings (SSSR count). The van der Waals surface area contributed by atoms with Crippen LogP contribution in [0.15, 0.2) is 24.3 Å². The highest BCUT2D eigenvalue weighted by atomic mass is 19.1. The number of phenolic OH excluding ortho intramolecular Hbond substituents is 1. The van der Waals surface area contributed by atoms with Gasteiger partial charge >= 0.3 is 0 Å². The molecule has 0 aliphatic carbocycles. The molecule has 2 nitrogen and oxygen atoms in total. The number of phenols is 1. The van der Waals surface area contributed by atoms with Gasteiger partial charge in [0.1, 0.15) is 11.6 Å². The Labute approximate surface area is 106 Å². The van der Waals surface area contributed by atoms with E-state index >= 15 is 0 Å². The van der Waals surface area contributed by atoms with Crippen molar-refractivity contribution in [2.75, 3.05) is 0 Å². The second-order valence-corrected chi connectivity index (χ2v) is 5.35. The first kappa shape index (κ1) is 12.4. The van der Waals surface area contributed by atoms with Gasteiger partial charge in [0.2, 0.25) is 5.69 Å². The van der Waals surface area contributed by atoms with Gasteiger partial charge in [-0.1, -0.05) is 26.8 Å². The standard InChI is InChI=1S/C15H14FNO/c1-15(2,3)11-8-10(18)7-9-5-6-12(16)14(17-4)13(9)11/h5-8,18H,1-3H3. The summed E-state index contributed by atoms with van der Waals surface area (Å²) in [6.07, 6.45) is 0. The Morgan fingerprint density at radius 2 is 1.89 bits per heavy atom. The van der Waals surface area contributed by atoms with E-state index in [4.69, 9.17) is 6.57 Å². The van der Waals surface area contributed by atoms with Gasteiger partial charge in [-0.2, -0.15) is 0 Å². The fourth-order valence-corrected chi connectivity index (χ4v) is 2.11. The highest BCUT2D eigenvalue weighted by Gasteiger charge is 2.21. The molecule has 0 saturated carbocycles. The molecule has 0 aromatic heterocycles. The highest BCUT2D eigenvalue weighted by molar-refractivity contribution is 5.98. The summed E-state index contributed by atoms with van der Waals surface area (Å²) in [5, 5.41) is 11.0. The van der Waals surface area contributed by atoms with Crippen LogP contribution in [0.4, 0.5) is 10.1 Å². The number of nitrogens with zero attached hydrogens (tertiary/aromatic N) is 1. The van der Waals surface area contributed by atoms with Crippen LogP contribution in [0.2, 0.25) is 0 Å². The maximum Gasteiger partial charge on any atom is 0.229 e. The van der Waals surface area contributed by atoms with Crippen LogP contribution in [0, 0.1) is 12.4 Å². The minimum absolute atomic E-state index is 0.0254. The Morgan fingerprint density at radius 1 is 1.22 bits per heavy atom. The third kappa shape index (κ3) is 1.91. The molecule has 0 fully saturated rings. The van der Waals surface area contributed by atoms with Crippen molar-refractivity contribution in [3.63, 3.8) is 0 Å². The molecule has 18 heavy (non-hydrogen) atoms. The van der Waals surface area contributed by atoms with Crippen molar-refractivity contribution in [2.45, 2.75) is 26.2 Å². The summed E-state index contributed by atoms with van der Waals surface area (Å²) in [6.45, 7) is 13.1. The van der Waals surface area contributed by atoms with Crippen LogP contribution in [0.25, 0.3) is 15.6 Å². The largest absolute Gasteiger partial charge is 0.508 e. The van der Waals surface area contributed by atoms with Crippen LogP contribution in [0.3, 0.4) is 0 Å². The van der Waals surface area contributed by atoms with Gasteiger partial charge in [0.25, 0.3) is 0 Å². The summed E-state index contributed by atoms with van der Waals surface area (Å²) < 4.78 is 13.7. The molecule has 2 aromatic rings. The lowest BCUT2D eigenvalue weighted by atomic mass is 9.83. The summed E-state index contributed by atoms with van der Waals surface area (Å²) in [7, 11) is 0. The number of hydrogen-bond donors (Lipinski definition) is 1. The van der Waals surface area contributed by atoms with Gasteiger partial charge in [0.05, 0.1) is 6.57 Å². The van der Waals surface area contributed by atoms with E-state index in [-0.39, 0.29) is 16.9 Å². The Morgan fingerprint density at radius 3 is 2.44 bits per heavy atom. The van der Waals surface area contributed by atoms with Gasteiger partial charge < -0.3 is 5.11 Å². The fraction of sp³-hybridized carbons (Fsp3) is 0.267. The van der Waals surface area contributed by atoms with Crippen molar-refractivity contribution in [3.8, 4) is 5.75 Å². The molecule has 0 atom stereocenters. The van der Waals surface area contributed by atoms with Crippen LogP contribution < -0.4 is 0 Å². The molecule has 0 radical (unpaired) electrons. The zero-order chi connectivity index (χ0) is 13.5. The van der Waals surface area contributed by atoms with Crippen molar-refractivity contribution in [2.24, 2.45) is 0 Å². The second-order valence-electron chi connectivity index (χ2n) is 5.35. The van der Waals surface area contributed by atoms with E-state index < -0.39 is 5.82 Å². The first-order valence-electron chi connectivity index (χ1n) is 5.68. The van der Waals surface area contributed by atoms with Crippen molar-refractivity contribution >= 4 is 16.5 Å². The molecular formula is C15H14FNO. The molecule has 0 heterocycles. The Bertz CT molecular complexity index is 663. The molecule has 2 aromatic carbocycles. The summed E-state index contributed by atoms with van der Waals surface area (Å²) in [5.41, 5.74) is 0.532. The predicted octanol–water partition coefficient (Wildman–Crippen LogP) is 4.53. The van der Waals surface area contributed by atoms with Crippen LogP contribution in [0.5, 0.6) is 5.75 Å². The van der Waals surface area contributed by atoms with Crippen LogP contribution >= 0.6 is 0 Å². The van der Waals surface area contributed by atoms with Gasteiger partial charge in [0.15, 0.2) is 0 Å². The molecule has 0 unspecified atom stereocenters. The van der Waals surface area contributed by atoms with Gasteiger partial charge in [-0.3, -0.25) is 0 Å². The molecule has 1 N–H and O–H groups in total. The Hall–Kier alpha value is -2.08. The number of benzene rings is 2. The van der Waals surface area contributed by atoms with E-state index in [0.29, 0.717) is 10.8 Å². The molecule has 92 valence electrons. The van der Waals surface area contributed by atoms with Gasteiger partial charge in [-0.25, -0.2) is 9.24 Å². The minimum Gasteiger partial charge on any atom is -0.508 e. The smallest absolute Gasteiger partial charge is 0.229 e. The van der Waals surface area contributed by atoms with E-state index in [2.05, 4.69) is 4.85 Å². The van der Waals surface area contributed by atoms with E-state index in [9.17, 15) is 9.50 Å². The first-order valence-corrected chi connectivity index (χ1v) is 5.68. The zero-order valence-electron chi connectivity index (χ0n) is 10.6. The topological polar surface area (TPSA) is 24.6 Å². The molecular weight excluding hydrogens is 229 g/mol. The SMILES string of the molecule is [C-]#[N+]c1c(F)ccc2cc(O)cc(C(C)(C)C)c12. The van der Waals surface area contributed by atoms with E-state index in [1.165, 1.54) is 6.07 Å². The van der Waals surface area contributed by atoms with Gasteiger partial charge in [0, 0.05) is 0 Å². The summed E-state index contributed by atoms with van der Waals surface area (Å²) in [4.78, 5) is 3.30. The maximum absolute atomic E-state index is 13.7. The molecule has 3 heteroatoms. The maximum atomic E-state index is 13.7. The van der Waals surface area contributed by atoms with Gasteiger partial charge in [-0.15, -0.1) is 0 Å². The second kappa shape index (κ2) is 3.99. The van der Waals surface area contributed by atoms with E-state index in [1.807, 2.05) is 20.8 Å². The van der Waals surface area contributed by atoms with Crippen LogP contribution in [0.1, 0.15) is 26.3 Å². The number of aromatic hydroxyl groups is 1. The average Bonchev–Trinajstić information content (AvgIpc) is 2.27. The Kier molecular flexibility index (Phi) is 2.74. The van der Waals surface area contributed by atoms with Crippen molar-refractivity contribution in [3.05, 3.63) is 47.1 Å². The highest BCUT2D eigenvalue weighted by Crippen LogP contribution is 2.39. The fourth-order valence-electron chi connectivity index (χ4n) is 2.11. The van der Waals surface area contributed by atoms with E-state index in [1.54, 1.807) is 18.2 Å². The third-order valence-corrected chi connectivity index (χ3v) is 2.95. The van der Waals surface area contributed by atoms with Crippen molar-refractivity contribution in [1.29, 1.82) is 0 Å². The van der Waals surface area contributed by atoms with Crippen LogP contribution in [-0.4, -0.2) is 5.11 Å². The lowest BCUT2D eigenvalue weighted by Gasteiger charge is -2.22. The van der Waals surface area contributed by atoms with Crippen molar-refractivity contribution < 1.29 is 9.50 Å². The minimum atomic E-state index is -0.520. The number of rotatable bonds is 0. The summed E-state index contributed by atoms with van der Waals surface area (Å²) >= 11 is 0. The third-order valence-electron chi connectivity index (χ3n) is 2.95. The summed E-state index contributed by atoms with van der Waals surface area (Å²) in [5.74, 6) is -0.386. The molecule has 0 aliphatic rings. The van der Waals surface area contributed by atoms with Crippen molar-refractivity contribution in [1.82, 2.24) is 0 Å². The molecule has 0 spiro atoms. The number of halogens is 1. The number of hydrogen-bond acceptors (Lipinski definition) is 1. The quantitative estimate of drug-likeness (QED) is 0.675. The Balaban J connectivity index is 3.02.